The molecular formula is C18H18BrN3O4S. The van der Waals surface area contributed by atoms with Gasteiger partial charge in [-0.3, -0.25) is 13.9 Å². The van der Waals surface area contributed by atoms with Crippen LogP contribution in [0.2, 0.25) is 0 Å². The number of carbonyl (C=O) groups is 2. The molecule has 0 radical (unpaired) electrons. The quantitative estimate of drug-likeness (QED) is 0.728. The summed E-state index contributed by atoms with van der Waals surface area (Å²) in [5.41, 5.74) is 1.53. The molecule has 2 N–H and O–H groups in total. The highest BCUT2D eigenvalue weighted by Gasteiger charge is 2.28. The van der Waals surface area contributed by atoms with Crippen LogP contribution >= 0.6 is 15.9 Å². The van der Waals surface area contributed by atoms with Crippen molar-refractivity contribution in [2.24, 2.45) is 0 Å². The zero-order valence-corrected chi connectivity index (χ0v) is 16.7. The summed E-state index contributed by atoms with van der Waals surface area (Å²) in [5, 5.41) is 5.23. The van der Waals surface area contributed by atoms with Gasteiger partial charge in [0.15, 0.2) is 0 Å². The van der Waals surface area contributed by atoms with Crippen LogP contribution < -0.4 is 14.9 Å². The van der Waals surface area contributed by atoms with Gasteiger partial charge >= 0.3 is 0 Å². The highest BCUT2D eigenvalue weighted by atomic mass is 79.9. The van der Waals surface area contributed by atoms with Gasteiger partial charge in [-0.1, -0.05) is 15.9 Å². The predicted molar refractivity (Wildman–Crippen MR) is 107 cm³/mol. The molecule has 3 rings (SSSR count). The maximum atomic E-state index is 12.2. The molecule has 142 valence electrons. The third-order valence-electron chi connectivity index (χ3n) is 4.05. The van der Waals surface area contributed by atoms with E-state index in [-0.39, 0.29) is 18.2 Å². The van der Waals surface area contributed by atoms with Crippen LogP contribution in [0.5, 0.6) is 0 Å². The fourth-order valence-electron chi connectivity index (χ4n) is 2.71. The van der Waals surface area contributed by atoms with Crippen LogP contribution in [0.15, 0.2) is 53.0 Å². The Bertz CT molecular complexity index is 944. The van der Waals surface area contributed by atoms with Crippen LogP contribution in [0.4, 0.5) is 11.4 Å². The number of sulfonamides is 1. The van der Waals surface area contributed by atoms with E-state index in [0.29, 0.717) is 29.9 Å². The van der Waals surface area contributed by atoms with Crippen molar-refractivity contribution in [3.8, 4) is 0 Å². The van der Waals surface area contributed by atoms with Gasteiger partial charge in [0.25, 0.3) is 5.91 Å². The fraction of sp³-hybridized carbons (Fsp3) is 0.222. The lowest BCUT2D eigenvalue weighted by atomic mass is 10.2. The van der Waals surface area contributed by atoms with E-state index < -0.39 is 15.9 Å². The van der Waals surface area contributed by atoms with Crippen LogP contribution in [0.1, 0.15) is 16.8 Å². The standard InChI is InChI=1S/C18H18BrN3O4S/c19-14-4-6-15(7-5-14)21-17(23)12-20-18(24)13-2-8-16(9-3-13)22-10-1-11-27(22,25)26/h2-9H,1,10-12H2,(H,20,24)(H,21,23). The molecule has 2 amide bonds. The number of amides is 2. The van der Waals surface area contributed by atoms with Gasteiger partial charge in [-0.25, -0.2) is 8.42 Å². The lowest BCUT2D eigenvalue weighted by molar-refractivity contribution is -0.115. The summed E-state index contributed by atoms with van der Waals surface area (Å²) in [6, 6.07) is 13.4. The lowest BCUT2D eigenvalue weighted by Crippen LogP contribution is -2.32. The highest BCUT2D eigenvalue weighted by Crippen LogP contribution is 2.24. The topological polar surface area (TPSA) is 95.6 Å². The zero-order chi connectivity index (χ0) is 19.4. The number of nitrogens with zero attached hydrogens (tertiary/aromatic N) is 1. The molecular weight excluding hydrogens is 434 g/mol. The molecule has 0 spiro atoms. The molecule has 7 nitrogen and oxygen atoms in total. The molecule has 1 aliphatic rings. The molecule has 0 unspecified atom stereocenters. The number of hydrogen-bond donors (Lipinski definition) is 2. The summed E-state index contributed by atoms with van der Waals surface area (Å²) in [4.78, 5) is 24.1. The van der Waals surface area contributed by atoms with E-state index in [0.717, 1.165) is 4.47 Å². The summed E-state index contributed by atoms with van der Waals surface area (Å²) >= 11 is 3.31. The van der Waals surface area contributed by atoms with Gasteiger partial charge < -0.3 is 10.6 Å². The molecule has 1 aliphatic heterocycles. The molecule has 27 heavy (non-hydrogen) atoms. The second-order valence-electron chi connectivity index (χ2n) is 6.03. The lowest BCUT2D eigenvalue weighted by Gasteiger charge is -2.17. The molecule has 2 aromatic carbocycles. The Kier molecular flexibility index (Phi) is 5.81. The largest absolute Gasteiger partial charge is 0.343 e. The van der Waals surface area contributed by atoms with E-state index in [1.807, 2.05) is 0 Å². The summed E-state index contributed by atoms with van der Waals surface area (Å²) in [7, 11) is -3.25. The summed E-state index contributed by atoms with van der Waals surface area (Å²) in [6.45, 7) is 0.279. The van der Waals surface area contributed by atoms with E-state index in [1.165, 1.54) is 4.31 Å². The monoisotopic (exact) mass is 451 g/mol. The van der Waals surface area contributed by atoms with Crippen LogP contribution in [0.25, 0.3) is 0 Å². The van der Waals surface area contributed by atoms with Gasteiger partial charge in [-0.2, -0.15) is 0 Å². The van der Waals surface area contributed by atoms with E-state index in [9.17, 15) is 18.0 Å². The summed E-state index contributed by atoms with van der Waals surface area (Å²) in [6.07, 6.45) is 0.595. The smallest absolute Gasteiger partial charge is 0.251 e. The van der Waals surface area contributed by atoms with Crippen LogP contribution in [0.3, 0.4) is 0 Å². The second kappa shape index (κ2) is 8.10. The van der Waals surface area contributed by atoms with Gasteiger partial charge in [0, 0.05) is 22.3 Å². The first-order valence-corrected chi connectivity index (χ1v) is 10.7. The van der Waals surface area contributed by atoms with Crippen LogP contribution in [0, 0.1) is 0 Å². The van der Waals surface area contributed by atoms with Crippen LogP contribution in [-0.2, 0) is 14.8 Å². The first kappa shape index (κ1) is 19.4. The molecule has 2 aromatic rings. The number of anilines is 2. The van der Waals surface area contributed by atoms with Gasteiger partial charge in [0.2, 0.25) is 15.9 Å². The molecule has 0 aliphatic carbocycles. The maximum Gasteiger partial charge on any atom is 0.251 e. The Balaban J connectivity index is 1.55. The Morgan fingerprint density at radius 3 is 2.30 bits per heavy atom. The van der Waals surface area contributed by atoms with Crippen LogP contribution in [-0.4, -0.2) is 39.1 Å². The molecule has 9 heteroatoms. The van der Waals surface area contributed by atoms with Crippen molar-refractivity contribution >= 4 is 49.1 Å². The predicted octanol–water partition coefficient (Wildman–Crippen LogP) is 2.36. The molecule has 1 heterocycles. The Labute approximate surface area is 165 Å². The van der Waals surface area contributed by atoms with Crippen molar-refractivity contribution < 1.29 is 18.0 Å². The molecule has 1 fully saturated rings. The average Bonchev–Trinajstić information content (AvgIpc) is 3.01. The Morgan fingerprint density at radius 2 is 1.70 bits per heavy atom. The van der Waals surface area contributed by atoms with E-state index in [4.69, 9.17) is 0 Å². The van der Waals surface area contributed by atoms with Gasteiger partial charge in [-0.05, 0) is 55.0 Å². The SMILES string of the molecule is O=C(CNC(=O)c1ccc(N2CCCS2(=O)=O)cc1)Nc1ccc(Br)cc1. The highest BCUT2D eigenvalue weighted by molar-refractivity contribution is 9.10. The fourth-order valence-corrected chi connectivity index (χ4v) is 4.54. The molecule has 0 bridgehead atoms. The second-order valence-corrected chi connectivity index (χ2v) is 8.95. The number of carbonyl (C=O) groups excluding carboxylic acids is 2. The van der Waals surface area contributed by atoms with Crippen molar-refractivity contribution in [1.82, 2.24) is 5.32 Å². The van der Waals surface area contributed by atoms with Crippen molar-refractivity contribution in [3.63, 3.8) is 0 Å². The van der Waals surface area contributed by atoms with Gasteiger partial charge in [0.1, 0.15) is 0 Å². The van der Waals surface area contributed by atoms with Crippen molar-refractivity contribution in [1.29, 1.82) is 0 Å². The summed E-state index contributed by atoms with van der Waals surface area (Å²) < 4.78 is 26.1. The molecule has 0 aromatic heterocycles. The minimum Gasteiger partial charge on any atom is -0.343 e. The number of hydrogen-bond acceptors (Lipinski definition) is 4. The summed E-state index contributed by atoms with van der Waals surface area (Å²) in [5.74, 6) is -0.606. The maximum absolute atomic E-state index is 12.2. The normalized spacial score (nSPS) is 15.4. The molecule has 1 saturated heterocycles. The number of nitrogens with one attached hydrogen (secondary N) is 2. The van der Waals surface area contributed by atoms with Crippen molar-refractivity contribution in [3.05, 3.63) is 58.6 Å². The van der Waals surface area contributed by atoms with Gasteiger partial charge in [0.05, 0.1) is 18.0 Å². The van der Waals surface area contributed by atoms with E-state index in [2.05, 4.69) is 26.6 Å². The Hall–Kier alpha value is -2.39. The number of halogens is 1. The van der Waals surface area contributed by atoms with E-state index >= 15 is 0 Å². The Morgan fingerprint density at radius 1 is 1.04 bits per heavy atom. The number of benzene rings is 2. The van der Waals surface area contributed by atoms with Crippen molar-refractivity contribution in [2.45, 2.75) is 6.42 Å². The minimum absolute atomic E-state index is 0.142. The third kappa shape index (κ3) is 4.86. The minimum atomic E-state index is -3.25. The third-order valence-corrected chi connectivity index (χ3v) is 6.45. The number of rotatable bonds is 5. The molecule has 0 saturated carbocycles. The molecule has 0 atom stereocenters. The van der Waals surface area contributed by atoms with E-state index in [1.54, 1.807) is 48.5 Å². The zero-order valence-electron chi connectivity index (χ0n) is 14.3. The first-order chi connectivity index (χ1) is 12.8. The first-order valence-electron chi connectivity index (χ1n) is 8.29. The van der Waals surface area contributed by atoms with Crippen molar-refractivity contribution in [2.75, 3.05) is 28.5 Å². The van der Waals surface area contributed by atoms with Gasteiger partial charge in [-0.15, -0.1) is 0 Å². The average molecular weight is 452 g/mol.